The highest BCUT2D eigenvalue weighted by molar-refractivity contribution is 8.00. The van der Waals surface area contributed by atoms with E-state index in [0.29, 0.717) is 24.4 Å². The third-order valence-corrected chi connectivity index (χ3v) is 6.98. The lowest BCUT2D eigenvalue weighted by Gasteiger charge is -2.33. The number of para-hydroxylation sites is 1. The molecule has 1 saturated heterocycles. The summed E-state index contributed by atoms with van der Waals surface area (Å²) in [5.74, 6) is 0.682. The monoisotopic (exact) mass is 330 g/mol. The first-order valence-corrected chi connectivity index (χ1v) is 9.63. The minimum Gasteiger partial charge on any atom is -0.398 e. The Morgan fingerprint density at radius 2 is 2.14 bits per heavy atom. The van der Waals surface area contributed by atoms with Gasteiger partial charge in [0.2, 0.25) is 10.0 Å². The van der Waals surface area contributed by atoms with Gasteiger partial charge in [-0.25, -0.2) is 8.42 Å². The number of β-amino-alcohol motifs (C(OH)–C–C–N with tert-alkyl or cyclic N) is 1. The van der Waals surface area contributed by atoms with Crippen LogP contribution < -0.4 is 5.73 Å². The molecule has 1 aliphatic heterocycles. The Bertz CT molecular complexity index is 577. The summed E-state index contributed by atoms with van der Waals surface area (Å²) < 4.78 is 26.0. The van der Waals surface area contributed by atoms with E-state index in [0.717, 1.165) is 4.90 Å². The molecule has 7 heteroatoms. The van der Waals surface area contributed by atoms with E-state index in [-0.39, 0.29) is 18.2 Å². The molecule has 0 spiro atoms. The summed E-state index contributed by atoms with van der Waals surface area (Å²) in [4.78, 5) is 0.903. The number of piperidine rings is 1. The van der Waals surface area contributed by atoms with Crippen molar-refractivity contribution in [3.8, 4) is 0 Å². The zero-order chi connectivity index (χ0) is 15.5. The number of thioether (sulfide) groups is 1. The number of nitrogens with two attached hydrogens (primary N) is 1. The first-order valence-electron chi connectivity index (χ1n) is 7.03. The largest absolute Gasteiger partial charge is 0.398 e. The standard InChI is InChI=1S/C14H22N2O3S2/c1-11-6-7-16(10-13(11)17)21(18,19)9-8-20-14-5-3-2-4-12(14)15/h2-5,11,13,17H,6-10,15H2,1H3. The van der Waals surface area contributed by atoms with Crippen LogP contribution in [-0.2, 0) is 10.0 Å². The molecule has 0 saturated carbocycles. The highest BCUT2D eigenvalue weighted by Crippen LogP contribution is 2.25. The van der Waals surface area contributed by atoms with E-state index in [1.54, 1.807) is 6.07 Å². The van der Waals surface area contributed by atoms with E-state index in [4.69, 9.17) is 5.73 Å². The van der Waals surface area contributed by atoms with E-state index in [1.807, 2.05) is 25.1 Å². The third kappa shape index (κ3) is 4.35. The van der Waals surface area contributed by atoms with E-state index < -0.39 is 16.1 Å². The Hall–Kier alpha value is -0.760. The zero-order valence-corrected chi connectivity index (χ0v) is 13.7. The van der Waals surface area contributed by atoms with Gasteiger partial charge in [-0.3, -0.25) is 0 Å². The van der Waals surface area contributed by atoms with Gasteiger partial charge in [-0.15, -0.1) is 11.8 Å². The minimum atomic E-state index is -3.31. The molecule has 2 unspecified atom stereocenters. The minimum absolute atomic E-state index is 0.0626. The Labute approximate surface area is 130 Å². The summed E-state index contributed by atoms with van der Waals surface area (Å²) in [6.45, 7) is 2.66. The fourth-order valence-electron chi connectivity index (χ4n) is 2.27. The lowest BCUT2D eigenvalue weighted by Crippen LogP contribution is -2.46. The second kappa shape index (κ2) is 7.00. The first kappa shape index (κ1) is 16.6. The maximum absolute atomic E-state index is 12.3. The van der Waals surface area contributed by atoms with Crippen LogP contribution in [0.25, 0.3) is 0 Å². The smallest absolute Gasteiger partial charge is 0.215 e. The van der Waals surface area contributed by atoms with Gasteiger partial charge in [0.25, 0.3) is 0 Å². The molecule has 0 bridgehead atoms. The Balaban J connectivity index is 1.89. The molecule has 0 aromatic heterocycles. The Kier molecular flexibility index (Phi) is 5.54. The molecule has 1 aromatic rings. The molecule has 1 aromatic carbocycles. The van der Waals surface area contributed by atoms with Crippen molar-refractivity contribution in [2.24, 2.45) is 5.92 Å². The van der Waals surface area contributed by atoms with Crippen molar-refractivity contribution in [1.82, 2.24) is 4.31 Å². The highest BCUT2D eigenvalue weighted by atomic mass is 32.2. The quantitative estimate of drug-likeness (QED) is 0.630. The molecule has 21 heavy (non-hydrogen) atoms. The average molecular weight is 330 g/mol. The molecule has 2 rings (SSSR count). The molecule has 2 atom stereocenters. The van der Waals surface area contributed by atoms with Crippen LogP contribution in [0.5, 0.6) is 0 Å². The number of aliphatic hydroxyl groups excluding tert-OH is 1. The molecule has 5 nitrogen and oxygen atoms in total. The Morgan fingerprint density at radius 3 is 2.81 bits per heavy atom. The number of sulfonamides is 1. The summed E-state index contributed by atoms with van der Waals surface area (Å²) in [6, 6.07) is 7.43. The molecule has 0 aliphatic carbocycles. The van der Waals surface area contributed by atoms with Crippen LogP contribution in [0.1, 0.15) is 13.3 Å². The van der Waals surface area contributed by atoms with E-state index in [1.165, 1.54) is 16.1 Å². The van der Waals surface area contributed by atoms with E-state index >= 15 is 0 Å². The number of hydrogen-bond acceptors (Lipinski definition) is 5. The molecule has 1 heterocycles. The van der Waals surface area contributed by atoms with Crippen LogP contribution in [0.15, 0.2) is 29.2 Å². The summed E-state index contributed by atoms with van der Waals surface area (Å²) >= 11 is 1.45. The molecule has 0 radical (unpaired) electrons. The number of aliphatic hydroxyl groups is 1. The van der Waals surface area contributed by atoms with Crippen LogP contribution in [0.2, 0.25) is 0 Å². The second-order valence-electron chi connectivity index (χ2n) is 5.39. The van der Waals surface area contributed by atoms with E-state index in [9.17, 15) is 13.5 Å². The normalized spacial score (nSPS) is 24.1. The third-order valence-electron chi connectivity index (χ3n) is 3.79. The van der Waals surface area contributed by atoms with Gasteiger partial charge in [-0.05, 0) is 24.5 Å². The number of hydrogen-bond donors (Lipinski definition) is 2. The number of anilines is 1. The molecular formula is C14H22N2O3S2. The molecule has 118 valence electrons. The maximum Gasteiger partial charge on any atom is 0.215 e. The van der Waals surface area contributed by atoms with Crippen LogP contribution in [0, 0.1) is 5.92 Å². The number of nitrogens with zero attached hydrogens (tertiary/aromatic N) is 1. The SMILES string of the molecule is CC1CCN(S(=O)(=O)CCSc2ccccc2N)CC1O. The summed E-state index contributed by atoms with van der Waals surface area (Å²) in [5.41, 5.74) is 6.50. The van der Waals surface area contributed by atoms with Crippen LogP contribution in [0.4, 0.5) is 5.69 Å². The van der Waals surface area contributed by atoms with Crippen LogP contribution >= 0.6 is 11.8 Å². The fraction of sp³-hybridized carbons (Fsp3) is 0.571. The van der Waals surface area contributed by atoms with Gasteiger partial charge in [0.15, 0.2) is 0 Å². The van der Waals surface area contributed by atoms with Crippen molar-refractivity contribution < 1.29 is 13.5 Å². The summed E-state index contributed by atoms with van der Waals surface area (Å²) in [5, 5.41) is 9.82. The second-order valence-corrected chi connectivity index (χ2v) is 8.62. The number of nitrogen functional groups attached to an aromatic ring is 1. The predicted octanol–water partition coefficient (Wildman–Crippen LogP) is 1.39. The summed E-state index contributed by atoms with van der Waals surface area (Å²) in [6.07, 6.45) is 0.144. The summed E-state index contributed by atoms with van der Waals surface area (Å²) in [7, 11) is -3.31. The van der Waals surface area contributed by atoms with Gasteiger partial charge in [-0.1, -0.05) is 19.1 Å². The van der Waals surface area contributed by atoms with Gasteiger partial charge >= 0.3 is 0 Å². The lowest BCUT2D eigenvalue weighted by atomic mass is 9.98. The Morgan fingerprint density at radius 1 is 1.43 bits per heavy atom. The van der Waals surface area contributed by atoms with Gasteiger partial charge < -0.3 is 10.8 Å². The highest BCUT2D eigenvalue weighted by Gasteiger charge is 2.31. The molecular weight excluding hydrogens is 308 g/mol. The first-order chi connectivity index (χ1) is 9.90. The van der Waals surface area contributed by atoms with Crippen molar-refractivity contribution in [1.29, 1.82) is 0 Å². The predicted molar refractivity (Wildman–Crippen MR) is 86.7 cm³/mol. The molecule has 1 fully saturated rings. The molecule has 3 N–H and O–H groups in total. The van der Waals surface area contributed by atoms with Gasteiger partial charge in [0.1, 0.15) is 0 Å². The lowest BCUT2D eigenvalue weighted by molar-refractivity contribution is 0.0606. The van der Waals surface area contributed by atoms with Gasteiger partial charge in [-0.2, -0.15) is 4.31 Å². The van der Waals surface area contributed by atoms with Crippen molar-refractivity contribution in [2.45, 2.75) is 24.3 Å². The zero-order valence-electron chi connectivity index (χ0n) is 12.1. The van der Waals surface area contributed by atoms with Crippen molar-refractivity contribution in [3.63, 3.8) is 0 Å². The van der Waals surface area contributed by atoms with Gasteiger partial charge in [0.05, 0.1) is 11.9 Å². The fourth-order valence-corrected chi connectivity index (χ4v) is 5.10. The number of benzene rings is 1. The molecule has 1 aliphatic rings. The van der Waals surface area contributed by atoms with Gasteiger partial charge in [0, 0.05) is 29.4 Å². The van der Waals surface area contributed by atoms with Crippen molar-refractivity contribution in [2.75, 3.05) is 30.3 Å². The molecule has 0 amide bonds. The topological polar surface area (TPSA) is 83.6 Å². The van der Waals surface area contributed by atoms with Crippen LogP contribution in [-0.4, -0.2) is 48.5 Å². The van der Waals surface area contributed by atoms with Crippen molar-refractivity contribution in [3.05, 3.63) is 24.3 Å². The van der Waals surface area contributed by atoms with Crippen molar-refractivity contribution >= 4 is 27.5 Å². The maximum atomic E-state index is 12.3. The van der Waals surface area contributed by atoms with Crippen LogP contribution in [0.3, 0.4) is 0 Å². The number of rotatable bonds is 5. The van der Waals surface area contributed by atoms with E-state index in [2.05, 4.69) is 0 Å². The average Bonchev–Trinajstić information content (AvgIpc) is 2.44.